The number of rotatable bonds is 4. The van der Waals surface area contributed by atoms with Crippen LogP contribution in [-0.4, -0.2) is 9.97 Å². The summed E-state index contributed by atoms with van der Waals surface area (Å²) >= 11 is 0. The number of nitrogen functional groups attached to an aromatic ring is 1. The van der Waals surface area contributed by atoms with Crippen LogP contribution >= 0.6 is 0 Å². The van der Waals surface area contributed by atoms with Gasteiger partial charge in [-0.1, -0.05) is 18.2 Å². The Labute approximate surface area is 107 Å². The van der Waals surface area contributed by atoms with Crippen LogP contribution in [0, 0.1) is 13.8 Å². The molecule has 0 bridgehead atoms. The van der Waals surface area contributed by atoms with E-state index < -0.39 is 0 Å². The molecule has 94 valence electrons. The van der Waals surface area contributed by atoms with E-state index >= 15 is 0 Å². The van der Waals surface area contributed by atoms with Gasteiger partial charge in [-0.05, 0) is 36.6 Å². The van der Waals surface area contributed by atoms with E-state index in [4.69, 9.17) is 5.73 Å². The van der Waals surface area contributed by atoms with E-state index in [0.29, 0.717) is 12.4 Å². The molecule has 0 spiro atoms. The van der Waals surface area contributed by atoms with Gasteiger partial charge in [-0.25, -0.2) is 9.97 Å². The Kier molecular flexibility index (Phi) is 3.89. The third-order valence-electron chi connectivity index (χ3n) is 2.91. The maximum Gasteiger partial charge on any atom is 0.144 e. The molecule has 1 aromatic heterocycles. The zero-order chi connectivity index (χ0) is 13.0. The highest BCUT2D eigenvalue weighted by molar-refractivity contribution is 5.30. The summed E-state index contributed by atoms with van der Waals surface area (Å²) in [5.74, 6) is 1.23. The summed E-state index contributed by atoms with van der Waals surface area (Å²) in [7, 11) is 0. The summed E-state index contributed by atoms with van der Waals surface area (Å²) in [6, 6.07) is 8.16. The average Bonchev–Trinajstić information content (AvgIpc) is 2.34. The van der Waals surface area contributed by atoms with Crippen LogP contribution in [0.25, 0.3) is 0 Å². The monoisotopic (exact) mass is 242 g/mol. The maximum absolute atomic E-state index is 5.60. The molecule has 0 atom stereocenters. The largest absolute Gasteiger partial charge is 0.384 e. The van der Waals surface area contributed by atoms with Crippen LogP contribution in [-0.2, 0) is 13.1 Å². The van der Waals surface area contributed by atoms with Gasteiger partial charge < -0.3 is 11.1 Å². The van der Waals surface area contributed by atoms with Gasteiger partial charge in [-0.3, -0.25) is 0 Å². The van der Waals surface area contributed by atoms with Crippen molar-refractivity contribution in [1.82, 2.24) is 15.3 Å². The molecule has 0 aliphatic rings. The van der Waals surface area contributed by atoms with E-state index in [0.717, 1.165) is 12.4 Å². The molecule has 0 fully saturated rings. The molecule has 3 N–H and O–H groups in total. The van der Waals surface area contributed by atoms with Crippen molar-refractivity contribution in [2.45, 2.75) is 26.9 Å². The summed E-state index contributed by atoms with van der Waals surface area (Å²) in [4.78, 5) is 8.29. The first kappa shape index (κ1) is 12.5. The van der Waals surface area contributed by atoms with E-state index in [1.807, 2.05) is 0 Å². The van der Waals surface area contributed by atoms with Crippen molar-refractivity contribution in [3.63, 3.8) is 0 Å². The zero-order valence-electron chi connectivity index (χ0n) is 10.8. The van der Waals surface area contributed by atoms with Gasteiger partial charge in [0.15, 0.2) is 0 Å². The van der Waals surface area contributed by atoms with E-state index in [2.05, 4.69) is 47.3 Å². The summed E-state index contributed by atoms with van der Waals surface area (Å²) in [5.41, 5.74) is 9.50. The fraction of sp³-hybridized carbons (Fsp3) is 0.286. The smallest absolute Gasteiger partial charge is 0.144 e. The Bertz CT molecular complexity index is 537. The number of hydrogen-bond donors (Lipinski definition) is 2. The lowest BCUT2D eigenvalue weighted by Gasteiger charge is -2.07. The predicted octanol–water partition coefficient (Wildman–Crippen LogP) is 1.97. The number of anilines is 1. The SMILES string of the molecule is Cc1ccc(CNCc2nccc(N)n2)cc1C. The van der Waals surface area contributed by atoms with Crippen molar-refractivity contribution in [3.8, 4) is 0 Å². The molecule has 0 unspecified atom stereocenters. The Morgan fingerprint density at radius 3 is 2.67 bits per heavy atom. The molecule has 4 nitrogen and oxygen atoms in total. The zero-order valence-corrected chi connectivity index (χ0v) is 10.8. The second-order valence-electron chi connectivity index (χ2n) is 4.42. The van der Waals surface area contributed by atoms with Gasteiger partial charge in [0, 0.05) is 12.7 Å². The van der Waals surface area contributed by atoms with Crippen LogP contribution in [0.1, 0.15) is 22.5 Å². The quantitative estimate of drug-likeness (QED) is 0.860. The van der Waals surface area contributed by atoms with Crippen molar-refractivity contribution in [2.24, 2.45) is 0 Å². The fourth-order valence-corrected chi connectivity index (χ4v) is 1.73. The van der Waals surface area contributed by atoms with Crippen molar-refractivity contribution in [3.05, 3.63) is 53.0 Å². The lowest BCUT2D eigenvalue weighted by atomic mass is 10.1. The Morgan fingerprint density at radius 2 is 1.94 bits per heavy atom. The molecule has 0 saturated heterocycles. The van der Waals surface area contributed by atoms with Gasteiger partial charge >= 0.3 is 0 Å². The van der Waals surface area contributed by atoms with E-state index in [1.54, 1.807) is 12.3 Å². The number of nitrogens with zero attached hydrogens (tertiary/aromatic N) is 2. The van der Waals surface area contributed by atoms with Crippen LogP contribution in [0.15, 0.2) is 30.5 Å². The van der Waals surface area contributed by atoms with Gasteiger partial charge in [0.25, 0.3) is 0 Å². The van der Waals surface area contributed by atoms with Crippen LogP contribution in [0.3, 0.4) is 0 Å². The first-order valence-corrected chi connectivity index (χ1v) is 5.99. The minimum atomic E-state index is 0.507. The minimum absolute atomic E-state index is 0.507. The van der Waals surface area contributed by atoms with Gasteiger partial charge in [-0.15, -0.1) is 0 Å². The number of nitrogens with one attached hydrogen (secondary N) is 1. The topological polar surface area (TPSA) is 63.8 Å². The second kappa shape index (κ2) is 5.60. The predicted molar refractivity (Wildman–Crippen MR) is 72.9 cm³/mol. The number of aryl methyl sites for hydroxylation is 2. The van der Waals surface area contributed by atoms with E-state index in [1.165, 1.54) is 16.7 Å². The minimum Gasteiger partial charge on any atom is -0.384 e. The van der Waals surface area contributed by atoms with Crippen molar-refractivity contribution < 1.29 is 0 Å². The molecule has 1 aromatic carbocycles. The Morgan fingerprint density at radius 1 is 1.11 bits per heavy atom. The Hall–Kier alpha value is -1.94. The third-order valence-corrected chi connectivity index (χ3v) is 2.91. The van der Waals surface area contributed by atoms with Gasteiger partial charge in [0.2, 0.25) is 0 Å². The Balaban J connectivity index is 1.90. The lowest BCUT2D eigenvalue weighted by Crippen LogP contribution is -2.15. The van der Waals surface area contributed by atoms with Crippen LogP contribution in [0.5, 0.6) is 0 Å². The van der Waals surface area contributed by atoms with Gasteiger partial charge in [-0.2, -0.15) is 0 Å². The standard InChI is InChI=1S/C14H18N4/c1-10-3-4-12(7-11(10)2)8-16-9-14-17-6-5-13(15)18-14/h3-7,16H,8-9H2,1-2H3,(H2,15,17,18). The molecule has 0 aliphatic heterocycles. The molecule has 4 heteroatoms. The molecule has 2 aromatic rings. The summed E-state index contributed by atoms with van der Waals surface area (Å²) in [6.07, 6.45) is 1.68. The summed E-state index contributed by atoms with van der Waals surface area (Å²) in [5, 5.41) is 3.31. The average molecular weight is 242 g/mol. The first-order valence-electron chi connectivity index (χ1n) is 5.99. The molecule has 18 heavy (non-hydrogen) atoms. The molecule has 0 saturated carbocycles. The number of aromatic nitrogens is 2. The second-order valence-corrected chi connectivity index (χ2v) is 4.42. The number of nitrogens with two attached hydrogens (primary N) is 1. The molecule has 1 heterocycles. The molecular formula is C14H18N4. The molecule has 0 aliphatic carbocycles. The lowest BCUT2D eigenvalue weighted by molar-refractivity contribution is 0.663. The maximum atomic E-state index is 5.60. The first-order chi connectivity index (χ1) is 8.65. The highest BCUT2D eigenvalue weighted by Crippen LogP contribution is 2.09. The van der Waals surface area contributed by atoms with Crippen molar-refractivity contribution >= 4 is 5.82 Å². The fourth-order valence-electron chi connectivity index (χ4n) is 1.73. The van der Waals surface area contributed by atoms with Crippen LogP contribution < -0.4 is 11.1 Å². The van der Waals surface area contributed by atoms with Crippen LogP contribution in [0.4, 0.5) is 5.82 Å². The molecular weight excluding hydrogens is 224 g/mol. The highest BCUT2D eigenvalue weighted by atomic mass is 15.0. The number of hydrogen-bond acceptors (Lipinski definition) is 4. The van der Waals surface area contributed by atoms with Gasteiger partial charge in [0.1, 0.15) is 11.6 Å². The van der Waals surface area contributed by atoms with Gasteiger partial charge in [0.05, 0.1) is 6.54 Å². The van der Waals surface area contributed by atoms with Crippen molar-refractivity contribution in [1.29, 1.82) is 0 Å². The van der Waals surface area contributed by atoms with Crippen molar-refractivity contribution in [2.75, 3.05) is 5.73 Å². The highest BCUT2D eigenvalue weighted by Gasteiger charge is 1.99. The van der Waals surface area contributed by atoms with Crippen LogP contribution in [0.2, 0.25) is 0 Å². The molecule has 2 rings (SSSR count). The van der Waals surface area contributed by atoms with E-state index in [-0.39, 0.29) is 0 Å². The summed E-state index contributed by atoms with van der Waals surface area (Å²) < 4.78 is 0. The molecule has 0 amide bonds. The third kappa shape index (κ3) is 3.28. The van der Waals surface area contributed by atoms with E-state index in [9.17, 15) is 0 Å². The summed E-state index contributed by atoms with van der Waals surface area (Å²) in [6.45, 7) is 5.67. The molecule has 0 radical (unpaired) electrons. The normalized spacial score (nSPS) is 10.6. The number of benzene rings is 1.